The lowest BCUT2D eigenvalue weighted by molar-refractivity contribution is 0.600. The summed E-state index contributed by atoms with van der Waals surface area (Å²) in [5.74, 6) is 1.73. The van der Waals surface area contributed by atoms with E-state index in [2.05, 4.69) is 46.5 Å². The van der Waals surface area contributed by atoms with Gasteiger partial charge in [0.1, 0.15) is 5.82 Å². The van der Waals surface area contributed by atoms with Gasteiger partial charge in [0, 0.05) is 31.4 Å². The number of benzene rings is 1. The van der Waals surface area contributed by atoms with Crippen LogP contribution in [-0.2, 0) is 16.4 Å². The zero-order valence-corrected chi connectivity index (χ0v) is 15.7. The van der Waals surface area contributed by atoms with Crippen molar-refractivity contribution in [1.82, 2.24) is 9.97 Å². The Kier molecular flexibility index (Phi) is 4.94. The number of hydrogen-bond acceptors (Lipinski definition) is 6. The Bertz CT molecular complexity index is 850. The Labute approximate surface area is 149 Å². The van der Waals surface area contributed by atoms with E-state index in [0.29, 0.717) is 18.9 Å². The van der Waals surface area contributed by atoms with E-state index < -0.39 is 9.84 Å². The van der Waals surface area contributed by atoms with Crippen LogP contribution in [0.15, 0.2) is 30.3 Å². The molecule has 0 radical (unpaired) electrons. The van der Waals surface area contributed by atoms with Crippen LogP contribution in [0.3, 0.4) is 0 Å². The highest BCUT2D eigenvalue weighted by Crippen LogP contribution is 2.22. The van der Waals surface area contributed by atoms with Crippen LogP contribution >= 0.6 is 0 Å². The maximum Gasteiger partial charge on any atom is 0.227 e. The van der Waals surface area contributed by atoms with Crippen molar-refractivity contribution in [3.63, 3.8) is 0 Å². The third-order valence-electron chi connectivity index (χ3n) is 4.51. The summed E-state index contributed by atoms with van der Waals surface area (Å²) in [5, 5.41) is 3.33. The van der Waals surface area contributed by atoms with Crippen LogP contribution < -0.4 is 10.2 Å². The first kappa shape index (κ1) is 17.7. The summed E-state index contributed by atoms with van der Waals surface area (Å²) in [6.07, 6.45) is 0.627. The van der Waals surface area contributed by atoms with Crippen molar-refractivity contribution < 1.29 is 8.42 Å². The third kappa shape index (κ3) is 4.48. The smallest absolute Gasteiger partial charge is 0.227 e. The molecule has 1 fully saturated rings. The molecule has 1 aromatic carbocycles. The predicted molar refractivity (Wildman–Crippen MR) is 101 cm³/mol. The lowest BCUT2D eigenvalue weighted by Crippen LogP contribution is -2.34. The summed E-state index contributed by atoms with van der Waals surface area (Å²) >= 11 is 0. The summed E-state index contributed by atoms with van der Waals surface area (Å²) in [7, 11) is -1.07. The van der Waals surface area contributed by atoms with Crippen molar-refractivity contribution >= 4 is 21.6 Å². The average molecular weight is 360 g/mol. The summed E-state index contributed by atoms with van der Waals surface area (Å²) in [6, 6.07) is 10.2. The topological polar surface area (TPSA) is 75.2 Å². The fourth-order valence-electron chi connectivity index (χ4n) is 2.94. The van der Waals surface area contributed by atoms with Crippen LogP contribution in [0.2, 0.25) is 0 Å². The molecule has 0 amide bonds. The van der Waals surface area contributed by atoms with Crippen molar-refractivity contribution in [2.75, 3.05) is 28.8 Å². The van der Waals surface area contributed by atoms with E-state index >= 15 is 0 Å². The maximum absolute atomic E-state index is 11.7. The standard InChI is InChI=1S/C18H24N4O2S/c1-13-4-6-15(7-5-13)11-19-17-10-14(2)20-18(21-17)22(3)16-8-9-25(23,24)12-16/h4-7,10,16H,8-9,11-12H2,1-3H3,(H,19,20,21). The van der Waals surface area contributed by atoms with Crippen LogP contribution in [0.4, 0.5) is 11.8 Å². The molecule has 1 saturated heterocycles. The molecule has 1 aliphatic rings. The van der Waals surface area contributed by atoms with E-state index in [1.165, 1.54) is 11.1 Å². The van der Waals surface area contributed by atoms with E-state index in [1.807, 2.05) is 24.9 Å². The monoisotopic (exact) mass is 360 g/mol. The summed E-state index contributed by atoms with van der Waals surface area (Å²) in [5.41, 5.74) is 3.26. The van der Waals surface area contributed by atoms with E-state index in [-0.39, 0.29) is 17.5 Å². The van der Waals surface area contributed by atoms with Gasteiger partial charge in [0.05, 0.1) is 11.5 Å². The molecule has 0 aliphatic carbocycles. The largest absolute Gasteiger partial charge is 0.366 e. The zero-order valence-electron chi connectivity index (χ0n) is 14.9. The second kappa shape index (κ2) is 7.00. The number of nitrogens with zero attached hydrogens (tertiary/aromatic N) is 3. The normalized spacial score (nSPS) is 18.9. The molecule has 1 aliphatic heterocycles. The number of aromatic nitrogens is 2. The quantitative estimate of drug-likeness (QED) is 0.882. The summed E-state index contributed by atoms with van der Waals surface area (Å²) < 4.78 is 23.4. The van der Waals surface area contributed by atoms with Crippen molar-refractivity contribution in [2.45, 2.75) is 32.9 Å². The SMILES string of the molecule is Cc1ccc(CNc2cc(C)nc(N(C)C3CCS(=O)(=O)C3)n2)cc1. The Morgan fingerprint density at radius 3 is 2.56 bits per heavy atom. The number of sulfone groups is 1. The van der Waals surface area contributed by atoms with Crippen molar-refractivity contribution in [1.29, 1.82) is 0 Å². The number of aryl methyl sites for hydroxylation is 2. The lowest BCUT2D eigenvalue weighted by atomic mass is 10.1. The minimum absolute atomic E-state index is 0.0586. The molecule has 134 valence electrons. The van der Waals surface area contributed by atoms with Gasteiger partial charge in [-0.25, -0.2) is 13.4 Å². The molecular formula is C18H24N4O2S. The predicted octanol–water partition coefficient (Wildman–Crippen LogP) is 2.33. The van der Waals surface area contributed by atoms with Crippen molar-refractivity contribution in [2.24, 2.45) is 0 Å². The molecule has 2 aromatic rings. The van der Waals surface area contributed by atoms with E-state index in [1.54, 1.807) is 0 Å². The molecule has 2 heterocycles. The van der Waals surface area contributed by atoms with Crippen molar-refractivity contribution in [3.05, 3.63) is 47.2 Å². The molecule has 1 aromatic heterocycles. The second-order valence-electron chi connectivity index (χ2n) is 6.70. The molecule has 0 bridgehead atoms. The van der Waals surface area contributed by atoms with Crippen LogP contribution in [0.25, 0.3) is 0 Å². The molecule has 7 heteroatoms. The first-order valence-electron chi connectivity index (χ1n) is 8.41. The fourth-order valence-corrected chi connectivity index (χ4v) is 4.72. The average Bonchev–Trinajstić information content (AvgIpc) is 2.93. The number of anilines is 2. The minimum atomic E-state index is -2.93. The van der Waals surface area contributed by atoms with Gasteiger partial charge in [-0.15, -0.1) is 0 Å². The highest BCUT2D eigenvalue weighted by Gasteiger charge is 2.31. The first-order valence-corrected chi connectivity index (χ1v) is 10.2. The molecular weight excluding hydrogens is 336 g/mol. The third-order valence-corrected chi connectivity index (χ3v) is 6.26. The van der Waals surface area contributed by atoms with Gasteiger partial charge < -0.3 is 10.2 Å². The molecule has 0 spiro atoms. The Balaban J connectivity index is 1.72. The minimum Gasteiger partial charge on any atom is -0.366 e. The lowest BCUT2D eigenvalue weighted by Gasteiger charge is -2.24. The van der Waals surface area contributed by atoms with Gasteiger partial charge in [-0.05, 0) is 25.8 Å². The Morgan fingerprint density at radius 2 is 1.92 bits per heavy atom. The number of hydrogen-bond donors (Lipinski definition) is 1. The second-order valence-corrected chi connectivity index (χ2v) is 8.93. The van der Waals surface area contributed by atoms with Gasteiger partial charge in [-0.3, -0.25) is 0 Å². The molecule has 1 N–H and O–H groups in total. The number of rotatable bonds is 5. The van der Waals surface area contributed by atoms with Crippen molar-refractivity contribution in [3.8, 4) is 0 Å². The van der Waals surface area contributed by atoms with Gasteiger partial charge in [0.2, 0.25) is 5.95 Å². The van der Waals surface area contributed by atoms with Crippen LogP contribution in [0.5, 0.6) is 0 Å². The van der Waals surface area contributed by atoms with Crippen LogP contribution in [0, 0.1) is 13.8 Å². The molecule has 1 atom stereocenters. The van der Waals surface area contributed by atoms with Gasteiger partial charge in [-0.1, -0.05) is 29.8 Å². The highest BCUT2D eigenvalue weighted by atomic mass is 32.2. The van der Waals surface area contributed by atoms with E-state index in [9.17, 15) is 8.42 Å². The van der Waals surface area contributed by atoms with Gasteiger partial charge >= 0.3 is 0 Å². The van der Waals surface area contributed by atoms with E-state index in [0.717, 1.165) is 11.5 Å². The zero-order chi connectivity index (χ0) is 18.0. The molecule has 1 unspecified atom stereocenters. The summed E-state index contributed by atoms with van der Waals surface area (Å²) in [6.45, 7) is 4.66. The summed E-state index contributed by atoms with van der Waals surface area (Å²) in [4.78, 5) is 10.9. The van der Waals surface area contributed by atoms with Gasteiger partial charge in [0.15, 0.2) is 9.84 Å². The fraction of sp³-hybridized carbons (Fsp3) is 0.444. The molecule has 3 rings (SSSR count). The van der Waals surface area contributed by atoms with Gasteiger partial charge in [-0.2, -0.15) is 4.98 Å². The van der Waals surface area contributed by atoms with Crippen LogP contribution in [0.1, 0.15) is 23.2 Å². The first-order chi connectivity index (χ1) is 11.8. The number of nitrogens with one attached hydrogen (secondary N) is 1. The Morgan fingerprint density at radius 1 is 1.20 bits per heavy atom. The Hall–Kier alpha value is -2.15. The van der Waals surface area contributed by atoms with Crippen LogP contribution in [-0.4, -0.2) is 43.0 Å². The molecule has 25 heavy (non-hydrogen) atoms. The molecule has 6 nitrogen and oxygen atoms in total. The van der Waals surface area contributed by atoms with Gasteiger partial charge in [0.25, 0.3) is 0 Å². The molecule has 0 saturated carbocycles. The maximum atomic E-state index is 11.7. The van der Waals surface area contributed by atoms with E-state index in [4.69, 9.17) is 0 Å². The highest BCUT2D eigenvalue weighted by molar-refractivity contribution is 7.91.